The van der Waals surface area contributed by atoms with E-state index in [9.17, 15) is 14.0 Å². The highest BCUT2D eigenvalue weighted by molar-refractivity contribution is 6.33. The first-order chi connectivity index (χ1) is 17.9. The maximum Gasteiger partial charge on any atom is 0.258 e. The van der Waals surface area contributed by atoms with Gasteiger partial charge in [-0.2, -0.15) is 0 Å². The first-order valence-corrected chi connectivity index (χ1v) is 14.1. The van der Waals surface area contributed by atoms with Crippen LogP contribution in [0, 0.1) is 23.1 Å². The molecule has 3 atom stereocenters. The van der Waals surface area contributed by atoms with Gasteiger partial charge < -0.3 is 15.5 Å². The number of hydrogen-bond donors (Lipinski definition) is 1. The monoisotopic (exact) mass is 525 g/mol. The van der Waals surface area contributed by atoms with Gasteiger partial charge in [0.1, 0.15) is 5.82 Å². The molecule has 5 rings (SSSR count). The average molecular weight is 526 g/mol. The summed E-state index contributed by atoms with van der Waals surface area (Å²) in [6.07, 6.45) is 7.05. The number of nitrogens with zero attached hydrogens (tertiary/aromatic N) is 2. The van der Waals surface area contributed by atoms with Gasteiger partial charge in [-0.25, -0.2) is 4.39 Å². The van der Waals surface area contributed by atoms with Gasteiger partial charge in [0, 0.05) is 26.2 Å². The molecule has 37 heavy (non-hydrogen) atoms. The predicted octanol–water partition coefficient (Wildman–Crippen LogP) is 5.48. The number of likely N-dealkylation sites (tertiary alicyclic amines) is 2. The van der Waals surface area contributed by atoms with Crippen molar-refractivity contribution in [1.82, 2.24) is 9.80 Å². The maximum absolute atomic E-state index is 14.3. The minimum atomic E-state index is -0.565. The SMILES string of the molecule is NC(=O)C1([C@@H](CCN2CC3CN(C(=O)c4c(F)cccc4Cl)CC3C2)c2ccccc2)CCCCCC1. The van der Waals surface area contributed by atoms with Crippen LogP contribution in [0.25, 0.3) is 0 Å². The van der Waals surface area contributed by atoms with Gasteiger partial charge in [0.2, 0.25) is 5.91 Å². The van der Waals surface area contributed by atoms with E-state index in [0.717, 1.165) is 51.7 Å². The largest absolute Gasteiger partial charge is 0.369 e. The molecule has 2 saturated heterocycles. The lowest BCUT2D eigenvalue weighted by atomic mass is 9.65. The number of carbonyl (C=O) groups is 2. The number of fused-ring (bicyclic) bond motifs is 1. The lowest BCUT2D eigenvalue weighted by Crippen LogP contribution is -2.43. The normalized spacial score (nSPS) is 24.4. The van der Waals surface area contributed by atoms with Crippen LogP contribution in [0.2, 0.25) is 5.02 Å². The van der Waals surface area contributed by atoms with E-state index in [2.05, 4.69) is 29.2 Å². The number of primary amides is 1. The van der Waals surface area contributed by atoms with E-state index < -0.39 is 11.2 Å². The molecule has 3 fully saturated rings. The van der Waals surface area contributed by atoms with Crippen molar-refractivity contribution in [2.75, 3.05) is 32.7 Å². The van der Waals surface area contributed by atoms with Crippen molar-refractivity contribution in [2.45, 2.75) is 50.9 Å². The molecule has 0 aromatic heterocycles. The van der Waals surface area contributed by atoms with E-state index in [1.807, 2.05) is 6.07 Å². The molecule has 3 aliphatic rings. The fourth-order valence-electron chi connectivity index (χ4n) is 7.18. The fraction of sp³-hybridized carbons (Fsp3) is 0.533. The predicted molar refractivity (Wildman–Crippen MR) is 144 cm³/mol. The Bertz CT molecular complexity index is 1080. The number of halogens is 2. The standard InChI is InChI=1S/C30H37ClFN3O2/c31-25-11-8-12-26(32)27(25)28(36)35-19-22-17-34(18-23(22)20-35)16-13-24(21-9-4-3-5-10-21)30(29(33)37)14-6-1-2-7-15-30/h3-5,8-12,22-24H,1-2,6-7,13-20H2,(H2,33,37)/t22?,23?,24-/m0/s1. The van der Waals surface area contributed by atoms with E-state index in [1.165, 1.54) is 30.5 Å². The van der Waals surface area contributed by atoms with Gasteiger partial charge in [0.15, 0.2) is 0 Å². The molecule has 0 bridgehead atoms. The fourth-order valence-corrected chi connectivity index (χ4v) is 7.43. The van der Waals surface area contributed by atoms with Crippen LogP contribution in [-0.4, -0.2) is 54.3 Å². The number of rotatable bonds is 7. The van der Waals surface area contributed by atoms with Gasteiger partial charge in [0.05, 0.1) is 16.0 Å². The first-order valence-electron chi connectivity index (χ1n) is 13.7. The zero-order chi connectivity index (χ0) is 26.0. The van der Waals surface area contributed by atoms with E-state index in [1.54, 1.807) is 11.0 Å². The average Bonchev–Trinajstić information content (AvgIpc) is 3.34. The summed E-state index contributed by atoms with van der Waals surface area (Å²) in [4.78, 5) is 30.3. The van der Waals surface area contributed by atoms with Crippen molar-refractivity contribution in [3.8, 4) is 0 Å². The molecule has 2 aromatic rings. The molecular weight excluding hydrogens is 489 g/mol. The van der Waals surface area contributed by atoms with Gasteiger partial charge in [-0.05, 0) is 61.3 Å². The Morgan fingerprint density at radius 2 is 1.59 bits per heavy atom. The molecule has 1 saturated carbocycles. The van der Waals surface area contributed by atoms with Crippen molar-refractivity contribution >= 4 is 23.4 Å². The molecule has 2 aromatic carbocycles. The Morgan fingerprint density at radius 3 is 2.19 bits per heavy atom. The van der Waals surface area contributed by atoms with Crippen LogP contribution in [0.15, 0.2) is 48.5 Å². The van der Waals surface area contributed by atoms with Crippen molar-refractivity contribution in [3.05, 3.63) is 70.5 Å². The lowest BCUT2D eigenvalue weighted by molar-refractivity contribution is -0.130. The van der Waals surface area contributed by atoms with Crippen molar-refractivity contribution in [2.24, 2.45) is 23.0 Å². The summed E-state index contributed by atoms with van der Waals surface area (Å²) >= 11 is 6.15. The molecule has 2 heterocycles. The summed E-state index contributed by atoms with van der Waals surface area (Å²) in [5.74, 6) is -0.191. The van der Waals surface area contributed by atoms with Crippen molar-refractivity contribution < 1.29 is 14.0 Å². The topological polar surface area (TPSA) is 66.6 Å². The number of nitrogens with two attached hydrogens (primary N) is 1. The third-order valence-corrected chi connectivity index (χ3v) is 9.43. The van der Waals surface area contributed by atoms with E-state index in [0.29, 0.717) is 24.9 Å². The van der Waals surface area contributed by atoms with Gasteiger partial charge in [-0.1, -0.05) is 73.7 Å². The Labute approximate surface area is 224 Å². The molecule has 7 heteroatoms. The van der Waals surface area contributed by atoms with E-state index >= 15 is 0 Å². The summed E-state index contributed by atoms with van der Waals surface area (Å²) < 4.78 is 14.3. The van der Waals surface area contributed by atoms with Gasteiger partial charge in [0.25, 0.3) is 5.91 Å². The second kappa shape index (κ2) is 11.1. The summed E-state index contributed by atoms with van der Waals surface area (Å²) in [7, 11) is 0. The van der Waals surface area contributed by atoms with Gasteiger partial charge in [-0.15, -0.1) is 0 Å². The molecule has 0 spiro atoms. The zero-order valence-corrected chi connectivity index (χ0v) is 22.1. The van der Waals surface area contributed by atoms with Crippen LogP contribution in [0.3, 0.4) is 0 Å². The van der Waals surface area contributed by atoms with E-state index in [-0.39, 0.29) is 28.3 Å². The van der Waals surface area contributed by atoms with Crippen molar-refractivity contribution in [1.29, 1.82) is 0 Å². The molecule has 1 aliphatic carbocycles. The quantitative estimate of drug-likeness (QED) is 0.486. The summed E-state index contributed by atoms with van der Waals surface area (Å²) in [5, 5.41) is 0.164. The summed E-state index contributed by atoms with van der Waals surface area (Å²) in [6, 6.07) is 14.8. The van der Waals surface area contributed by atoms with Crippen LogP contribution in [0.4, 0.5) is 4.39 Å². The summed E-state index contributed by atoms with van der Waals surface area (Å²) in [6.45, 7) is 3.96. The van der Waals surface area contributed by atoms with Crippen molar-refractivity contribution in [3.63, 3.8) is 0 Å². The number of hydrogen-bond acceptors (Lipinski definition) is 3. The third-order valence-electron chi connectivity index (χ3n) is 9.12. The van der Waals surface area contributed by atoms with Crippen LogP contribution in [0.5, 0.6) is 0 Å². The molecule has 2 unspecified atom stereocenters. The Hall–Kier alpha value is -2.44. The van der Waals surface area contributed by atoms with Crippen LogP contribution in [-0.2, 0) is 4.79 Å². The molecule has 198 valence electrons. The number of carbonyl (C=O) groups excluding carboxylic acids is 2. The second-order valence-corrected chi connectivity index (χ2v) is 11.7. The molecule has 2 N–H and O–H groups in total. The maximum atomic E-state index is 14.3. The summed E-state index contributed by atoms with van der Waals surface area (Å²) in [5.41, 5.74) is 6.85. The highest BCUT2D eigenvalue weighted by Gasteiger charge is 2.46. The third kappa shape index (κ3) is 5.28. The Balaban J connectivity index is 1.25. The molecule has 2 aliphatic heterocycles. The molecular formula is C30H37ClFN3O2. The van der Waals surface area contributed by atoms with Gasteiger partial charge >= 0.3 is 0 Å². The molecule has 2 amide bonds. The molecule has 5 nitrogen and oxygen atoms in total. The van der Waals surface area contributed by atoms with Crippen LogP contribution < -0.4 is 5.73 Å². The minimum absolute atomic E-state index is 0.0214. The highest BCUT2D eigenvalue weighted by atomic mass is 35.5. The highest BCUT2D eigenvalue weighted by Crippen LogP contribution is 2.48. The smallest absolute Gasteiger partial charge is 0.258 e. The number of amides is 2. The Morgan fingerprint density at radius 1 is 0.946 bits per heavy atom. The van der Waals surface area contributed by atoms with E-state index in [4.69, 9.17) is 17.3 Å². The zero-order valence-electron chi connectivity index (χ0n) is 21.4. The number of benzene rings is 2. The van der Waals surface area contributed by atoms with Crippen LogP contribution >= 0.6 is 11.6 Å². The van der Waals surface area contributed by atoms with Gasteiger partial charge in [-0.3, -0.25) is 9.59 Å². The first kappa shape index (κ1) is 26.2. The minimum Gasteiger partial charge on any atom is -0.369 e. The second-order valence-electron chi connectivity index (χ2n) is 11.3. The van der Waals surface area contributed by atoms with Crippen LogP contribution in [0.1, 0.15) is 66.8 Å². The lowest BCUT2D eigenvalue weighted by Gasteiger charge is -2.39. The Kier molecular flexibility index (Phi) is 7.87. The molecule has 0 radical (unpaired) electrons.